The maximum Gasteiger partial charge on any atom is 0.416 e. The maximum absolute atomic E-state index is 13.7. The number of hydrogen-bond acceptors (Lipinski definition) is 6. The van der Waals surface area contributed by atoms with Crippen molar-refractivity contribution in [3.8, 4) is 0 Å². The molecule has 1 aromatic heterocycles. The van der Waals surface area contributed by atoms with E-state index in [1.165, 1.54) is 15.9 Å². The van der Waals surface area contributed by atoms with Gasteiger partial charge in [-0.1, -0.05) is 11.2 Å². The smallest absolute Gasteiger partial charge is 0.416 e. The van der Waals surface area contributed by atoms with Crippen LogP contribution in [0.1, 0.15) is 79.3 Å². The van der Waals surface area contributed by atoms with E-state index in [1.54, 1.807) is 11.8 Å². The van der Waals surface area contributed by atoms with Gasteiger partial charge < -0.3 is 14.9 Å². The zero-order valence-corrected chi connectivity index (χ0v) is 27.1. The number of aryl methyl sites for hydroxylation is 3. The first kappa shape index (κ1) is 36.3. The number of tetrazole rings is 1. The molecule has 1 fully saturated rings. The molecule has 1 saturated carbocycles. The third-order valence-corrected chi connectivity index (χ3v) is 9.08. The number of rotatable bonds is 11. The summed E-state index contributed by atoms with van der Waals surface area (Å²) in [5.74, 6) is -0.698. The van der Waals surface area contributed by atoms with Gasteiger partial charge in [0.1, 0.15) is 0 Å². The van der Waals surface area contributed by atoms with Crippen LogP contribution in [-0.4, -0.2) is 44.4 Å². The second kappa shape index (κ2) is 14.7. The largest absolute Gasteiger partial charge is 0.481 e. The van der Waals surface area contributed by atoms with Gasteiger partial charge in [0.25, 0.3) is 5.95 Å². The third-order valence-electron chi connectivity index (χ3n) is 9.08. The first-order valence-corrected chi connectivity index (χ1v) is 15.7. The van der Waals surface area contributed by atoms with E-state index in [1.807, 2.05) is 6.92 Å². The number of halogens is 7. The minimum atomic E-state index is -4.97. The standard InChI is InChI=1S/C32H38F6N6O2.ClH/c1-3-42(17-20-8-10-22(11-9-20)29(45)46)28-15-24-7-5-6-23(24)14-25(28)19-43(30-39-41-44(4-2)40-30)18-21-12-26(31(33,34)35)16-27(13-21)32(36,37)38;/h12-16,20,22H,3-11,17-19H2,1-2H3,(H,45,46);1H. The highest BCUT2D eigenvalue weighted by atomic mass is 35.5. The maximum atomic E-state index is 13.7. The van der Waals surface area contributed by atoms with Crippen molar-refractivity contribution < 1.29 is 36.2 Å². The Labute approximate surface area is 275 Å². The third kappa shape index (κ3) is 8.68. The number of aromatic nitrogens is 4. The highest BCUT2D eigenvalue weighted by Crippen LogP contribution is 2.38. The molecule has 2 aliphatic carbocycles. The van der Waals surface area contributed by atoms with Gasteiger partial charge in [0, 0.05) is 31.9 Å². The van der Waals surface area contributed by atoms with Crippen molar-refractivity contribution in [2.24, 2.45) is 11.8 Å². The molecule has 0 unspecified atom stereocenters. The number of alkyl halides is 6. The Morgan fingerprint density at radius 3 is 2.04 bits per heavy atom. The summed E-state index contributed by atoms with van der Waals surface area (Å²) in [6, 6.07) is 5.85. The van der Waals surface area contributed by atoms with E-state index in [2.05, 4.69) is 32.4 Å². The van der Waals surface area contributed by atoms with E-state index in [9.17, 15) is 36.2 Å². The summed E-state index contributed by atoms with van der Waals surface area (Å²) in [4.78, 5) is 16.6. The lowest BCUT2D eigenvalue weighted by Crippen LogP contribution is -2.34. The number of aliphatic carboxylic acids is 1. The van der Waals surface area contributed by atoms with Crippen LogP contribution in [0.4, 0.5) is 38.0 Å². The molecular weight excluding hydrogens is 650 g/mol. The molecular formula is C32H39ClF6N6O2. The van der Waals surface area contributed by atoms with Crippen LogP contribution in [0.15, 0.2) is 30.3 Å². The van der Waals surface area contributed by atoms with Gasteiger partial charge in [-0.25, -0.2) is 0 Å². The Bertz CT molecular complexity index is 1500. The molecule has 2 aliphatic rings. The molecule has 5 rings (SSSR count). The van der Waals surface area contributed by atoms with Crippen LogP contribution < -0.4 is 9.80 Å². The number of anilines is 2. The van der Waals surface area contributed by atoms with Crippen LogP contribution in [0.25, 0.3) is 0 Å². The van der Waals surface area contributed by atoms with Crippen LogP contribution in [0.2, 0.25) is 0 Å². The van der Waals surface area contributed by atoms with E-state index >= 15 is 0 Å². The zero-order valence-electron chi connectivity index (χ0n) is 26.2. The molecule has 2 aromatic carbocycles. The first-order chi connectivity index (χ1) is 21.7. The fourth-order valence-electron chi connectivity index (χ4n) is 6.61. The van der Waals surface area contributed by atoms with Gasteiger partial charge in [-0.15, -0.1) is 17.5 Å². The van der Waals surface area contributed by atoms with E-state index in [0.29, 0.717) is 38.4 Å². The van der Waals surface area contributed by atoms with Gasteiger partial charge in [-0.3, -0.25) is 4.79 Å². The summed E-state index contributed by atoms with van der Waals surface area (Å²) in [5, 5.41) is 21.9. The fraction of sp³-hybridized carbons (Fsp3) is 0.562. The second-order valence-corrected chi connectivity index (χ2v) is 12.2. The molecule has 0 radical (unpaired) electrons. The van der Waals surface area contributed by atoms with E-state index in [-0.39, 0.29) is 49.0 Å². The van der Waals surface area contributed by atoms with Crippen molar-refractivity contribution in [3.63, 3.8) is 0 Å². The molecule has 0 bridgehead atoms. The SMILES string of the molecule is CCN(CC1CCC(C(=O)O)CC1)c1cc2c(cc1CN(Cc1cc(C(F)(F)F)cc(C(F)(F)F)c1)c1nnn(CC)n1)CCC2.Cl. The lowest BCUT2D eigenvalue weighted by Gasteiger charge is -2.34. The Hall–Kier alpha value is -3.55. The van der Waals surface area contributed by atoms with Crippen molar-refractivity contribution in [1.82, 2.24) is 20.2 Å². The Balaban J connectivity index is 0.00000500. The number of hydrogen-bond donors (Lipinski definition) is 1. The zero-order chi connectivity index (χ0) is 33.2. The molecule has 0 atom stereocenters. The molecule has 15 heteroatoms. The monoisotopic (exact) mass is 688 g/mol. The second-order valence-electron chi connectivity index (χ2n) is 12.2. The predicted molar refractivity (Wildman–Crippen MR) is 167 cm³/mol. The van der Waals surface area contributed by atoms with Gasteiger partial charge in [0.2, 0.25) is 0 Å². The minimum absolute atomic E-state index is 0. The molecule has 0 aliphatic heterocycles. The molecule has 0 amide bonds. The number of carboxylic acids is 1. The van der Waals surface area contributed by atoms with Crippen molar-refractivity contribution >= 4 is 30.0 Å². The summed E-state index contributed by atoms with van der Waals surface area (Å²) >= 11 is 0. The van der Waals surface area contributed by atoms with Crippen LogP contribution in [0, 0.1) is 11.8 Å². The fourth-order valence-corrected chi connectivity index (χ4v) is 6.61. The van der Waals surface area contributed by atoms with E-state index in [4.69, 9.17) is 0 Å². The number of benzene rings is 2. The summed E-state index contributed by atoms with van der Waals surface area (Å²) < 4.78 is 82.2. The van der Waals surface area contributed by atoms with Gasteiger partial charge in [0.05, 0.1) is 23.6 Å². The molecule has 0 saturated heterocycles. The topological polar surface area (TPSA) is 87.4 Å². The van der Waals surface area contributed by atoms with Crippen LogP contribution >= 0.6 is 12.4 Å². The van der Waals surface area contributed by atoms with Crippen molar-refractivity contribution in [2.75, 3.05) is 22.9 Å². The van der Waals surface area contributed by atoms with Crippen molar-refractivity contribution in [2.45, 2.75) is 90.8 Å². The van der Waals surface area contributed by atoms with E-state index < -0.39 is 29.4 Å². The average molecular weight is 689 g/mol. The summed E-state index contributed by atoms with van der Waals surface area (Å²) in [7, 11) is 0. The molecule has 258 valence electrons. The number of fused-ring (bicyclic) bond motifs is 1. The molecule has 8 nitrogen and oxygen atoms in total. The van der Waals surface area contributed by atoms with E-state index in [0.717, 1.165) is 55.5 Å². The normalized spacial score (nSPS) is 18.0. The summed E-state index contributed by atoms with van der Waals surface area (Å²) in [6.45, 7) is 5.38. The first-order valence-electron chi connectivity index (χ1n) is 15.7. The Kier molecular flexibility index (Phi) is 11.3. The lowest BCUT2D eigenvalue weighted by atomic mass is 9.81. The van der Waals surface area contributed by atoms with Gasteiger partial charge in [-0.05, 0) is 116 Å². The molecule has 47 heavy (non-hydrogen) atoms. The lowest BCUT2D eigenvalue weighted by molar-refractivity contribution is -0.144. The highest BCUT2D eigenvalue weighted by molar-refractivity contribution is 5.85. The Morgan fingerprint density at radius 2 is 1.51 bits per heavy atom. The van der Waals surface area contributed by atoms with Gasteiger partial charge >= 0.3 is 18.3 Å². The molecule has 1 heterocycles. The minimum Gasteiger partial charge on any atom is -0.481 e. The summed E-state index contributed by atoms with van der Waals surface area (Å²) in [6.07, 6.45) is -4.32. The number of nitrogens with zero attached hydrogens (tertiary/aromatic N) is 6. The van der Waals surface area contributed by atoms with Gasteiger partial charge in [-0.2, -0.15) is 31.1 Å². The average Bonchev–Trinajstić information content (AvgIpc) is 3.68. The van der Waals surface area contributed by atoms with Crippen molar-refractivity contribution in [3.05, 3.63) is 63.7 Å². The highest BCUT2D eigenvalue weighted by Gasteiger charge is 2.37. The summed E-state index contributed by atoms with van der Waals surface area (Å²) in [5.41, 5.74) is 1.25. The molecule has 3 aromatic rings. The van der Waals surface area contributed by atoms with Gasteiger partial charge in [0.15, 0.2) is 0 Å². The number of carbonyl (C=O) groups is 1. The molecule has 1 N–H and O–H groups in total. The predicted octanol–water partition coefficient (Wildman–Crippen LogP) is 7.57. The Morgan fingerprint density at radius 1 is 0.894 bits per heavy atom. The number of carboxylic acid groups (broad SMARTS) is 1. The van der Waals surface area contributed by atoms with Crippen LogP contribution in [0.3, 0.4) is 0 Å². The van der Waals surface area contributed by atoms with Crippen molar-refractivity contribution in [1.29, 1.82) is 0 Å². The quantitative estimate of drug-likeness (QED) is 0.208. The van der Waals surface area contributed by atoms with Crippen LogP contribution in [0.5, 0.6) is 0 Å². The van der Waals surface area contributed by atoms with Crippen LogP contribution in [-0.2, 0) is 49.6 Å². The molecule has 0 spiro atoms.